The fourth-order valence-electron chi connectivity index (χ4n) is 10.9. The van der Waals surface area contributed by atoms with Gasteiger partial charge in [-0.3, -0.25) is 0 Å². The highest BCUT2D eigenvalue weighted by Gasteiger charge is 2.41. The molecule has 3 nitrogen and oxygen atoms in total. The average Bonchev–Trinajstić information content (AvgIpc) is 4.00. The minimum absolute atomic E-state index is 1.15. The fourth-order valence-corrected chi connectivity index (χ4v) is 15.6. The molecule has 0 N–H and O–H groups in total. The van der Waals surface area contributed by atoms with Crippen molar-refractivity contribution in [1.29, 1.82) is 0 Å². The Bertz CT molecular complexity index is 3790. The van der Waals surface area contributed by atoms with Crippen molar-refractivity contribution in [3.63, 3.8) is 0 Å². The molecule has 0 aliphatic carbocycles. The molecule has 0 saturated heterocycles. The average molecular weight is 832 g/mol. The molecule has 0 spiro atoms. The van der Waals surface area contributed by atoms with Gasteiger partial charge in [-0.2, -0.15) is 0 Å². The van der Waals surface area contributed by atoms with Gasteiger partial charge in [0.15, 0.2) is 8.07 Å². The standard InChI is InChI=1S/C60H41N3Si/c1-4-19-42(20-5-1)62-57-33-16-12-29-51(57)53-40-54-52-30-13-17-34-58(52)63(60(54)41-59(53)62)44-21-18-26-48(39-44)64(45-22-6-2-7-23-45,46-24-8-3-9-25-46)47-37-35-43(36-38-47)61-55-31-14-10-27-49(55)50-28-11-15-32-56(50)61/h1-41H. The molecule has 0 fully saturated rings. The van der Waals surface area contributed by atoms with Gasteiger partial charge in [-0.15, -0.1) is 0 Å². The second-order valence-electron chi connectivity index (χ2n) is 16.9. The van der Waals surface area contributed by atoms with E-state index in [0.717, 1.165) is 17.1 Å². The molecule has 13 rings (SSSR count). The normalized spacial score (nSPS) is 12.1. The number of fused-ring (bicyclic) bond motifs is 9. The quantitative estimate of drug-likeness (QED) is 0.112. The molecular weight excluding hydrogens is 791 g/mol. The summed E-state index contributed by atoms with van der Waals surface area (Å²) in [7, 11) is -2.94. The molecule has 3 heterocycles. The van der Waals surface area contributed by atoms with Crippen molar-refractivity contribution in [2.45, 2.75) is 0 Å². The molecule has 3 aromatic heterocycles. The Morgan fingerprint density at radius 3 is 1.05 bits per heavy atom. The number of rotatable bonds is 7. The first-order chi connectivity index (χ1) is 31.8. The van der Waals surface area contributed by atoms with Crippen molar-refractivity contribution in [3.8, 4) is 17.1 Å². The van der Waals surface area contributed by atoms with Gasteiger partial charge in [0.25, 0.3) is 0 Å². The summed E-state index contributed by atoms with van der Waals surface area (Å²) >= 11 is 0. The van der Waals surface area contributed by atoms with E-state index >= 15 is 0 Å². The molecular formula is C60H41N3Si. The highest BCUT2D eigenvalue weighted by Crippen LogP contribution is 2.40. The van der Waals surface area contributed by atoms with Crippen molar-refractivity contribution >= 4 is 94.2 Å². The molecule has 0 unspecified atom stereocenters. The highest BCUT2D eigenvalue weighted by molar-refractivity contribution is 7.19. The summed E-state index contributed by atoms with van der Waals surface area (Å²) in [5, 5.41) is 12.9. The van der Waals surface area contributed by atoms with E-state index in [1.54, 1.807) is 0 Å². The summed E-state index contributed by atoms with van der Waals surface area (Å²) in [6.07, 6.45) is 0. The molecule has 4 heteroatoms. The van der Waals surface area contributed by atoms with Crippen LogP contribution in [0.5, 0.6) is 0 Å². The van der Waals surface area contributed by atoms with Gasteiger partial charge >= 0.3 is 0 Å². The number of nitrogens with zero attached hydrogens (tertiary/aromatic N) is 3. The van der Waals surface area contributed by atoms with E-state index in [9.17, 15) is 0 Å². The van der Waals surface area contributed by atoms with Crippen LogP contribution in [0.2, 0.25) is 0 Å². The van der Waals surface area contributed by atoms with Crippen LogP contribution in [-0.2, 0) is 0 Å². The monoisotopic (exact) mass is 831 g/mol. The largest absolute Gasteiger partial charge is 0.309 e. The van der Waals surface area contributed by atoms with Gasteiger partial charge in [0, 0.05) is 49.4 Å². The minimum Gasteiger partial charge on any atom is -0.309 e. The number of para-hydroxylation sites is 5. The van der Waals surface area contributed by atoms with Gasteiger partial charge in [0.2, 0.25) is 0 Å². The predicted molar refractivity (Wildman–Crippen MR) is 273 cm³/mol. The van der Waals surface area contributed by atoms with Crippen LogP contribution < -0.4 is 20.7 Å². The molecule has 0 aliphatic heterocycles. The fraction of sp³-hybridized carbons (Fsp3) is 0. The van der Waals surface area contributed by atoms with Crippen LogP contribution in [0, 0.1) is 0 Å². The zero-order valence-electron chi connectivity index (χ0n) is 35.0. The van der Waals surface area contributed by atoms with Gasteiger partial charge in [-0.1, -0.05) is 176 Å². The third-order valence-corrected chi connectivity index (χ3v) is 18.3. The molecule has 0 radical (unpaired) electrons. The van der Waals surface area contributed by atoms with Crippen molar-refractivity contribution < 1.29 is 0 Å². The molecule has 64 heavy (non-hydrogen) atoms. The maximum Gasteiger partial charge on any atom is 0.179 e. The van der Waals surface area contributed by atoms with Gasteiger partial charge < -0.3 is 13.7 Å². The van der Waals surface area contributed by atoms with Gasteiger partial charge in [0.05, 0.1) is 33.1 Å². The zero-order valence-corrected chi connectivity index (χ0v) is 36.0. The van der Waals surface area contributed by atoms with Crippen LogP contribution >= 0.6 is 0 Å². The Balaban J connectivity index is 1.07. The van der Waals surface area contributed by atoms with E-state index in [2.05, 4.69) is 262 Å². The van der Waals surface area contributed by atoms with Crippen LogP contribution in [0.25, 0.3) is 82.5 Å². The third-order valence-electron chi connectivity index (χ3n) is 13.6. The van der Waals surface area contributed by atoms with Crippen LogP contribution in [0.3, 0.4) is 0 Å². The van der Waals surface area contributed by atoms with Crippen LogP contribution in [0.4, 0.5) is 0 Å². The Kier molecular flexibility index (Phi) is 8.23. The van der Waals surface area contributed by atoms with Gasteiger partial charge in [-0.25, -0.2) is 0 Å². The lowest BCUT2D eigenvalue weighted by atomic mass is 10.1. The molecule has 0 aliphatic rings. The SMILES string of the molecule is c1ccc(-n2c3ccccc3c3cc4c5ccccc5n(-c5cccc([Si](c6ccccc6)(c6ccccc6)c6ccc(-n7c8ccccc8c8ccccc87)cc6)c5)c4cc32)cc1. The molecule has 0 atom stereocenters. The summed E-state index contributed by atoms with van der Waals surface area (Å²) in [4.78, 5) is 0. The maximum atomic E-state index is 2.50. The first-order valence-electron chi connectivity index (χ1n) is 22.1. The lowest BCUT2D eigenvalue weighted by molar-refractivity contribution is 1.17. The highest BCUT2D eigenvalue weighted by atomic mass is 28.3. The lowest BCUT2D eigenvalue weighted by Gasteiger charge is -2.35. The zero-order chi connectivity index (χ0) is 42.2. The van der Waals surface area contributed by atoms with Crippen LogP contribution in [0.15, 0.2) is 249 Å². The molecule has 0 amide bonds. The topological polar surface area (TPSA) is 14.8 Å². The molecule has 0 bridgehead atoms. The lowest BCUT2D eigenvalue weighted by Crippen LogP contribution is -2.74. The second kappa shape index (κ2) is 14.5. The molecule has 300 valence electrons. The van der Waals surface area contributed by atoms with Crippen LogP contribution in [0.1, 0.15) is 0 Å². The molecule has 0 saturated carbocycles. The van der Waals surface area contributed by atoms with Crippen molar-refractivity contribution in [3.05, 3.63) is 249 Å². The van der Waals surface area contributed by atoms with Gasteiger partial charge in [0.1, 0.15) is 0 Å². The number of hydrogen-bond acceptors (Lipinski definition) is 0. The predicted octanol–water partition coefficient (Wildman–Crippen LogP) is 12.4. The Labute approximate surface area is 372 Å². The first-order valence-corrected chi connectivity index (χ1v) is 24.1. The number of hydrogen-bond donors (Lipinski definition) is 0. The number of benzene rings is 10. The van der Waals surface area contributed by atoms with E-state index in [4.69, 9.17) is 0 Å². The van der Waals surface area contributed by atoms with Crippen molar-refractivity contribution in [2.75, 3.05) is 0 Å². The maximum absolute atomic E-state index is 2.94. The first kappa shape index (κ1) is 36.5. The van der Waals surface area contributed by atoms with Crippen molar-refractivity contribution in [1.82, 2.24) is 13.7 Å². The summed E-state index contributed by atoms with van der Waals surface area (Å²) < 4.78 is 7.34. The minimum atomic E-state index is -2.94. The van der Waals surface area contributed by atoms with E-state index in [0.29, 0.717) is 0 Å². The summed E-state index contributed by atoms with van der Waals surface area (Å²) in [6.45, 7) is 0. The molecule has 10 aromatic carbocycles. The Morgan fingerprint density at radius 2 is 0.547 bits per heavy atom. The van der Waals surface area contributed by atoms with Crippen molar-refractivity contribution in [2.24, 2.45) is 0 Å². The van der Waals surface area contributed by atoms with Gasteiger partial charge in [-0.05, 0) is 93.5 Å². The molecule has 13 aromatic rings. The van der Waals surface area contributed by atoms with E-state index in [1.807, 2.05) is 0 Å². The van der Waals surface area contributed by atoms with Crippen LogP contribution in [-0.4, -0.2) is 21.8 Å². The summed E-state index contributed by atoms with van der Waals surface area (Å²) in [5.74, 6) is 0. The number of aromatic nitrogens is 3. The van der Waals surface area contributed by atoms with E-state index in [-0.39, 0.29) is 0 Å². The Morgan fingerprint density at radius 1 is 0.203 bits per heavy atom. The van der Waals surface area contributed by atoms with E-state index < -0.39 is 8.07 Å². The summed E-state index contributed by atoms with van der Waals surface area (Å²) in [6, 6.07) is 92.4. The Hall–Kier alpha value is -8.18. The van der Waals surface area contributed by atoms with E-state index in [1.165, 1.54) is 86.2 Å². The third kappa shape index (κ3) is 5.33. The smallest absolute Gasteiger partial charge is 0.179 e. The second-order valence-corrected chi connectivity index (χ2v) is 20.7. The summed E-state index contributed by atoms with van der Waals surface area (Å²) in [5.41, 5.74) is 10.7.